The van der Waals surface area contributed by atoms with Crippen molar-refractivity contribution in [2.75, 3.05) is 40.1 Å². The number of aliphatic carboxylic acids is 1. The van der Waals surface area contributed by atoms with E-state index in [2.05, 4.69) is 10.6 Å². The van der Waals surface area contributed by atoms with Crippen LogP contribution in [-0.2, 0) is 23.8 Å². The molecule has 1 atom stereocenters. The Kier molecular flexibility index (Phi) is 10.1. The summed E-state index contributed by atoms with van der Waals surface area (Å²) in [5.74, 6) is -1.63. The molecule has 188 valence electrons. The number of ether oxygens (including phenoxy) is 3. The first-order valence-corrected chi connectivity index (χ1v) is 11.7. The molecular weight excluding hydrogens is 452 g/mol. The zero-order valence-electron chi connectivity index (χ0n) is 19.8. The number of hydrogen-bond donors (Lipinski definition) is 3. The van der Waals surface area contributed by atoms with Gasteiger partial charge in [-0.2, -0.15) is 0 Å². The minimum atomic E-state index is -1.05. The summed E-state index contributed by atoms with van der Waals surface area (Å²) in [6.07, 6.45) is -0.496. The Morgan fingerprint density at radius 1 is 0.971 bits per heavy atom. The van der Waals surface area contributed by atoms with Gasteiger partial charge < -0.3 is 30.0 Å². The van der Waals surface area contributed by atoms with E-state index >= 15 is 0 Å². The Hall–Kier alpha value is -3.43. The van der Waals surface area contributed by atoms with Crippen molar-refractivity contribution in [3.05, 3.63) is 59.7 Å². The number of carbonyl (C=O) groups is 3. The highest BCUT2D eigenvalue weighted by Gasteiger charge is 2.29. The van der Waals surface area contributed by atoms with Gasteiger partial charge in [-0.3, -0.25) is 9.59 Å². The minimum Gasteiger partial charge on any atom is -0.481 e. The Balaban J connectivity index is 1.53. The Labute approximate surface area is 204 Å². The van der Waals surface area contributed by atoms with E-state index in [-0.39, 0.29) is 25.4 Å². The molecule has 1 aliphatic rings. The fourth-order valence-electron chi connectivity index (χ4n) is 4.07. The first-order chi connectivity index (χ1) is 17.0. The molecule has 0 spiro atoms. The molecule has 3 rings (SSSR count). The summed E-state index contributed by atoms with van der Waals surface area (Å²) in [6, 6.07) is 15.0. The van der Waals surface area contributed by atoms with Crippen molar-refractivity contribution in [2.24, 2.45) is 0 Å². The fourth-order valence-corrected chi connectivity index (χ4v) is 4.07. The van der Waals surface area contributed by atoms with Crippen LogP contribution in [0, 0.1) is 0 Å². The third kappa shape index (κ3) is 7.53. The number of benzene rings is 2. The van der Waals surface area contributed by atoms with Crippen LogP contribution in [0.5, 0.6) is 0 Å². The summed E-state index contributed by atoms with van der Waals surface area (Å²) in [7, 11) is 1.59. The first-order valence-electron chi connectivity index (χ1n) is 11.7. The van der Waals surface area contributed by atoms with E-state index in [1.165, 1.54) is 0 Å². The quantitative estimate of drug-likeness (QED) is 0.352. The number of alkyl carbamates (subject to hydrolysis) is 1. The molecule has 9 heteroatoms. The van der Waals surface area contributed by atoms with Crippen LogP contribution in [0.15, 0.2) is 48.5 Å². The van der Waals surface area contributed by atoms with Gasteiger partial charge in [-0.15, -0.1) is 0 Å². The second kappa shape index (κ2) is 13.5. The monoisotopic (exact) mass is 484 g/mol. The SMILES string of the molecule is COCCOCCCNC(=O)C(CCC(=O)O)NC(=O)OCC1c2ccccc2-c2ccccc21. The van der Waals surface area contributed by atoms with Gasteiger partial charge >= 0.3 is 12.1 Å². The van der Waals surface area contributed by atoms with Gasteiger partial charge in [-0.05, 0) is 35.1 Å². The molecule has 2 aromatic rings. The summed E-state index contributed by atoms with van der Waals surface area (Å²) in [6.45, 7) is 1.85. The third-order valence-corrected chi connectivity index (χ3v) is 5.80. The average Bonchev–Trinajstić information content (AvgIpc) is 3.18. The molecule has 0 fully saturated rings. The predicted octanol–water partition coefficient (Wildman–Crippen LogP) is 2.93. The van der Waals surface area contributed by atoms with Crippen molar-refractivity contribution in [2.45, 2.75) is 31.2 Å². The minimum absolute atomic E-state index is 0.0459. The number of hydrogen-bond acceptors (Lipinski definition) is 6. The number of carbonyl (C=O) groups excluding carboxylic acids is 2. The molecule has 35 heavy (non-hydrogen) atoms. The normalized spacial score (nSPS) is 12.9. The molecule has 1 unspecified atom stereocenters. The number of rotatable bonds is 14. The van der Waals surface area contributed by atoms with Gasteiger partial charge in [0.15, 0.2) is 0 Å². The van der Waals surface area contributed by atoms with Crippen molar-refractivity contribution in [1.29, 1.82) is 0 Å². The highest BCUT2D eigenvalue weighted by Crippen LogP contribution is 2.44. The summed E-state index contributed by atoms with van der Waals surface area (Å²) < 4.78 is 15.7. The number of methoxy groups -OCH3 is 1. The van der Waals surface area contributed by atoms with E-state index in [0.29, 0.717) is 32.8 Å². The molecule has 0 aliphatic heterocycles. The second-order valence-corrected chi connectivity index (χ2v) is 8.20. The highest BCUT2D eigenvalue weighted by atomic mass is 16.5. The van der Waals surface area contributed by atoms with E-state index in [9.17, 15) is 14.4 Å². The molecule has 2 aromatic carbocycles. The second-order valence-electron chi connectivity index (χ2n) is 8.20. The van der Waals surface area contributed by atoms with Gasteiger partial charge in [-0.25, -0.2) is 4.79 Å². The van der Waals surface area contributed by atoms with Crippen LogP contribution in [0.4, 0.5) is 4.79 Å². The maximum atomic E-state index is 12.6. The van der Waals surface area contributed by atoms with E-state index in [1.54, 1.807) is 7.11 Å². The number of amides is 2. The smallest absolute Gasteiger partial charge is 0.407 e. The van der Waals surface area contributed by atoms with Crippen molar-refractivity contribution in [1.82, 2.24) is 10.6 Å². The van der Waals surface area contributed by atoms with Gasteiger partial charge in [-0.1, -0.05) is 48.5 Å². The Morgan fingerprint density at radius 3 is 2.26 bits per heavy atom. The van der Waals surface area contributed by atoms with E-state index in [1.807, 2.05) is 48.5 Å². The number of carboxylic acids is 1. The van der Waals surface area contributed by atoms with Crippen LogP contribution in [-0.4, -0.2) is 69.2 Å². The number of nitrogens with one attached hydrogen (secondary N) is 2. The van der Waals surface area contributed by atoms with Gasteiger partial charge in [0.2, 0.25) is 5.91 Å². The van der Waals surface area contributed by atoms with Gasteiger partial charge in [0.25, 0.3) is 0 Å². The first kappa shape index (κ1) is 26.2. The van der Waals surface area contributed by atoms with Gasteiger partial charge in [0.05, 0.1) is 13.2 Å². The van der Waals surface area contributed by atoms with E-state index in [0.717, 1.165) is 22.3 Å². The molecule has 3 N–H and O–H groups in total. The van der Waals surface area contributed by atoms with Crippen molar-refractivity contribution in [3.8, 4) is 11.1 Å². The Bertz CT molecular complexity index is 965. The topological polar surface area (TPSA) is 123 Å². The highest BCUT2D eigenvalue weighted by molar-refractivity contribution is 5.86. The van der Waals surface area contributed by atoms with Gasteiger partial charge in [0, 0.05) is 32.6 Å². The molecule has 1 aliphatic carbocycles. The molecule has 0 bridgehead atoms. The molecule has 2 amide bonds. The molecule has 0 saturated carbocycles. The summed E-state index contributed by atoms with van der Waals surface area (Å²) >= 11 is 0. The molecule has 0 heterocycles. The van der Waals surface area contributed by atoms with Crippen LogP contribution < -0.4 is 10.6 Å². The predicted molar refractivity (Wildman–Crippen MR) is 129 cm³/mol. The molecule has 0 saturated heterocycles. The third-order valence-electron chi connectivity index (χ3n) is 5.80. The van der Waals surface area contributed by atoms with E-state index < -0.39 is 24.0 Å². The van der Waals surface area contributed by atoms with Crippen LogP contribution in [0.1, 0.15) is 36.3 Å². The lowest BCUT2D eigenvalue weighted by atomic mass is 9.98. The van der Waals surface area contributed by atoms with Crippen LogP contribution in [0.2, 0.25) is 0 Å². The zero-order chi connectivity index (χ0) is 25.0. The van der Waals surface area contributed by atoms with Crippen LogP contribution in [0.25, 0.3) is 11.1 Å². The average molecular weight is 485 g/mol. The largest absolute Gasteiger partial charge is 0.481 e. The van der Waals surface area contributed by atoms with Gasteiger partial charge in [0.1, 0.15) is 12.6 Å². The number of carboxylic acid groups (broad SMARTS) is 1. The molecular formula is C26H32N2O7. The van der Waals surface area contributed by atoms with Crippen LogP contribution >= 0.6 is 0 Å². The molecule has 0 radical (unpaired) electrons. The van der Waals surface area contributed by atoms with Crippen molar-refractivity contribution in [3.63, 3.8) is 0 Å². The molecule has 0 aromatic heterocycles. The zero-order valence-corrected chi connectivity index (χ0v) is 19.8. The summed E-state index contributed by atoms with van der Waals surface area (Å²) in [5.41, 5.74) is 4.38. The summed E-state index contributed by atoms with van der Waals surface area (Å²) in [5, 5.41) is 14.3. The summed E-state index contributed by atoms with van der Waals surface area (Å²) in [4.78, 5) is 36.2. The van der Waals surface area contributed by atoms with Crippen molar-refractivity contribution >= 4 is 18.0 Å². The van der Waals surface area contributed by atoms with Crippen LogP contribution in [0.3, 0.4) is 0 Å². The van der Waals surface area contributed by atoms with Crippen molar-refractivity contribution < 1.29 is 33.7 Å². The lowest BCUT2D eigenvalue weighted by Crippen LogP contribution is -2.47. The number of fused-ring (bicyclic) bond motifs is 3. The Morgan fingerprint density at radius 2 is 1.63 bits per heavy atom. The maximum Gasteiger partial charge on any atom is 0.407 e. The molecule has 9 nitrogen and oxygen atoms in total. The standard InChI is InChI=1S/C26H32N2O7/c1-33-15-16-34-14-6-13-27-25(31)23(11-12-24(29)30)28-26(32)35-17-22-20-9-4-2-7-18(20)19-8-3-5-10-21(19)22/h2-5,7-10,22-23H,6,11-17H2,1H3,(H,27,31)(H,28,32)(H,29,30). The maximum absolute atomic E-state index is 12.6. The van der Waals surface area contributed by atoms with E-state index in [4.69, 9.17) is 19.3 Å². The lowest BCUT2D eigenvalue weighted by molar-refractivity contribution is -0.137. The lowest BCUT2D eigenvalue weighted by Gasteiger charge is -2.19. The fraction of sp³-hybridized carbons (Fsp3) is 0.423.